The molecule has 0 aliphatic carbocycles. The molecule has 0 aliphatic heterocycles. The van der Waals surface area contributed by atoms with E-state index in [1.54, 1.807) is 18.5 Å². The van der Waals surface area contributed by atoms with Gasteiger partial charge in [0.25, 0.3) is 0 Å². The van der Waals surface area contributed by atoms with Crippen molar-refractivity contribution in [2.75, 3.05) is 6.54 Å². The van der Waals surface area contributed by atoms with Gasteiger partial charge in [-0.05, 0) is 25.3 Å². The van der Waals surface area contributed by atoms with Gasteiger partial charge in [-0.25, -0.2) is 5.48 Å². The van der Waals surface area contributed by atoms with Crippen LogP contribution in [0.4, 0.5) is 0 Å². The first-order chi connectivity index (χ1) is 11.1. The van der Waals surface area contributed by atoms with E-state index in [0.29, 0.717) is 25.0 Å². The van der Waals surface area contributed by atoms with E-state index in [1.807, 2.05) is 42.5 Å². The molecule has 5 nitrogen and oxygen atoms in total. The Labute approximate surface area is 137 Å². The molecule has 0 spiro atoms. The lowest BCUT2D eigenvalue weighted by Crippen LogP contribution is -2.25. The minimum atomic E-state index is -0.377. The number of nitrogens with one attached hydrogen (secondary N) is 2. The molecule has 2 amide bonds. The summed E-state index contributed by atoms with van der Waals surface area (Å²) < 4.78 is 0. The van der Waals surface area contributed by atoms with Gasteiger partial charge in [-0.3, -0.25) is 14.8 Å². The maximum atomic E-state index is 11.9. The Balaban J connectivity index is 2.22. The van der Waals surface area contributed by atoms with Crippen molar-refractivity contribution in [2.45, 2.75) is 32.6 Å². The van der Waals surface area contributed by atoms with Gasteiger partial charge in [0.05, 0.1) is 0 Å². The van der Waals surface area contributed by atoms with E-state index in [1.165, 1.54) is 0 Å². The second-order valence-electron chi connectivity index (χ2n) is 5.22. The third-order valence-corrected chi connectivity index (χ3v) is 3.28. The van der Waals surface area contributed by atoms with Gasteiger partial charge in [0.15, 0.2) is 0 Å². The van der Waals surface area contributed by atoms with Crippen LogP contribution in [0.15, 0.2) is 48.1 Å². The van der Waals surface area contributed by atoms with Crippen LogP contribution >= 0.6 is 0 Å². The fourth-order valence-electron chi connectivity index (χ4n) is 1.93. The number of carbonyl (C=O) groups is 2. The third kappa shape index (κ3) is 8.58. The van der Waals surface area contributed by atoms with Crippen molar-refractivity contribution < 1.29 is 14.8 Å². The number of carbonyl (C=O) groups excluding carboxylic acids is 2. The molecule has 124 valence electrons. The smallest absolute Gasteiger partial charge is 0.246 e. The third-order valence-electron chi connectivity index (χ3n) is 3.28. The Morgan fingerprint density at radius 1 is 1.13 bits per heavy atom. The molecule has 1 aromatic rings. The Morgan fingerprint density at radius 3 is 2.57 bits per heavy atom. The molecule has 0 bridgehead atoms. The maximum absolute atomic E-state index is 11.9. The van der Waals surface area contributed by atoms with Crippen LogP contribution in [0.1, 0.15) is 38.2 Å². The van der Waals surface area contributed by atoms with Crippen LogP contribution in [0.5, 0.6) is 0 Å². The van der Waals surface area contributed by atoms with Gasteiger partial charge in [-0.15, -0.1) is 0 Å². The second-order valence-corrected chi connectivity index (χ2v) is 5.22. The van der Waals surface area contributed by atoms with Gasteiger partial charge in [0.1, 0.15) is 0 Å². The van der Waals surface area contributed by atoms with Gasteiger partial charge >= 0.3 is 0 Å². The van der Waals surface area contributed by atoms with Crippen molar-refractivity contribution in [1.29, 1.82) is 0 Å². The lowest BCUT2D eigenvalue weighted by molar-refractivity contribution is -0.129. The Morgan fingerprint density at radius 2 is 1.87 bits per heavy atom. The topological polar surface area (TPSA) is 78.4 Å². The SMILES string of the molecule is CC(=CC=Cc1ccccc1)C(=O)NCCCCCC(=O)NO. The molecular weight excluding hydrogens is 292 g/mol. The van der Waals surface area contributed by atoms with Crippen molar-refractivity contribution in [2.24, 2.45) is 0 Å². The van der Waals surface area contributed by atoms with E-state index in [-0.39, 0.29) is 11.8 Å². The molecular formula is C18H24N2O3. The second kappa shape index (κ2) is 11.2. The number of benzene rings is 1. The summed E-state index contributed by atoms with van der Waals surface area (Å²) in [6.07, 6.45) is 8.21. The number of allylic oxidation sites excluding steroid dienone is 2. The molecule has 0 atom stereocenters. The van der Waals surface area contributed by atoms with E-state index in [9.17, 15) is 9.59 Å². The van der Waals surface area contributed by atoms with Crippen LogP contribution in [0, 0.1) is 0 Å². The molecule has 0 saturated heterocycles. The lowest BCUT2D eigenvalue weighted by Gasteiger charge is -2.04. The zero-order valence-corrected chi connectivity index (χ0v) is 13.4. The molecule has 1 aromatic carbocycles. The minimum absolute atomic E-state index is 0.0872. The average Bonchev–Trinajstić information content (AvgIpc) is 2.58. The number of rotatable bonds is 9. The van der Waals surface area contributed by atoms with Crippen molar-refractivity contribution in [3.8, 4) is 0 Å². The predicted molar refractivity (Wildman–Crippen MR) is 90.6 cm³/mol. The molecule has 3 N–H and O–H groups in total. The molecule has 5 heteroatoms. The summed E-state index contributed by atoms with van der Waals surface area (Å²) in [5, 5.41) is 11.2. The molecule has 0 saturated carbocycles. The fraction of sp³-hybridized carbons (Fsp3) is 0.333. The maximum Gasteiger partial charge on any atom is 0.246 e. The Kier molecular flexibility index (Phi) is 9.09. The first kappa shape index (κ1) is 18.6. The normalized spacial score (nSPS) is 11.5. The number of hydrogen-bond donors (Lipinski definition) is 3. The van der Waals surface area contributed by atoms with Crippen LogP contribution in [0.2, 0.25) is 0 Å². The van der Waals surface area contributed by atoms with Gasteiger partial charge in [0, 0.05) is 18.5 Å². The van der Waals surface area contributed by atoms with Gasteiger partial charge in [-0.2, -0.15) is 0 Å². The molecule has 23 heavy (non-hydrogen) atoms. The molecule has 1 rings (SSSR count). The molecule has 0 unspecified atom stereocenters. The van der Waals surface area contributed by atoms with Crippen molar-refractivity contribution in [1.82, 2.24) is 10.8 Å². The monoisotopic (exact) mass is 316 g/mol. The van der Waals surface area contributed by atoms with Gasteiger partial charge in [-0.1, -0.05) is 55.0 Å². The molecule has 0 fully saturated rings. The number of amides is 2. The Bertz CT molecular complexity index is 551. The van der Waals surface area contributed by atoms with Crippen LogP contribution in [0.25, 0.3) is 6.08 Å². The molecule has 0 aromatic heterocycles. The quantitative estimate of drug-likeness (QED) is 0.215. The van der Waals surface area contributed by atoms with Gasteiger partial charge in [0.2, 0.25) is 11.8 Å². The van der Waals surface area contributed by atoms with Crippen LogP contribution in [-0.4, -0.2) is 23.6 Å². The van der Waals surface area contributed by atoms with Crippen LogP contribution in [0.3, 0.4) is 0 Å². The van der Waals surface area contributed by atoms with E-state index in [2.05, 4.69) is 5.32 Å². The fourth-order valence-corrected chi connectivity index (χ4v) is 1.93. The zero-order valence-electron chi connectivity index (χ0n) is 13.4. The number of unbranched alkanes of at least 4 members (excludes halogenated alkanes) is 2. The highest BCUT2D eigenvalue weighted by atomic mass is 16.5. The van der Waals surface area contributed by atoms with Gasteiger partial charge < -0.3 is 5.32 Å². The highest BCUT2D eigenvalue weighted by Crippen LogP contribution is 2.03. The van der Waals surface area contributed by atoms with E-state index < -0.39 is 0 Å². The largest absolute Gasteiger partial charge is 0.352 e. The standard InChI is InChI=1S/C18H24N2O3/c1-15(9-8-12-16-10-4-2-5-11-16)18(22)19-14-7-3-6-13-17(21)20-23/h2,4-5,8-12,23H,3,6-7,13-14H2,1H3,(H,19,22)(H,20,21). The van der Waals surface area contributed by atoms with Crippen LogP contribution < -0.4 is 10.8 Å². The minimum Gasteiger partial charge on any atom is -0.352 e. The first-order valence-corrected chi connectivity index (χ1v) is 7.74. The van der Waals surface area contributed by atoms with Crippen LogP contribution in [-0.2, 0) is 9.59 Å². The van der Waals surface area contributed by atoms with Crippen molar-refractivity contribution >= 4 is 17.9 Å². The Hall–Kier alpha value is -2.40. The molecule has 0 aliphatic rings. The number of hydroxylamine groups is 1. The summed E-state index contributed by atoms with van der Waals surface area (Å²) in [6, 6.07) is 9.88. The van der Waals surface area contributed by atoms with E-state index in [4.69, 9.17) is 5.21 Å². The summed E-state index contributed by atoms with van der Waals surface area (Å²) >= 11 is 0. The van der Waals surface area contributed by atoms with E-state index in [0.717, 1.165) is 18.4 Å². The molecule has 0 radical (unpaired) electrons. The molecule has 0 heterocycles. The van der Waals surface area contributed by atoms with Crippen molar-refractivity contribution in [3.05, 3.63) is 53.6 Å². The lowest BCUT2D eigenvalue weighted by atomic mass is 10.1. The summed E-state index contributed by atoms with van der Waals surface area (Å²) in [5.74, 6) is -0.464. The summed E-state index contributed by atoms with van der Waals surface area (Å²) in [4.78, 5) is 22.7. The average molecular weight is 316 g/mol. The zero-order chi connectivity index (χ0) is 16.9. The summed E-state index contributed by atoms with van der Waals surface area (Å²) in [5.41, 5.74) is 3.33. The first-order valence-electron chi connectivity index (χ1n) is 7.74. The number of hydrogen-bond acceptors (Lipinski definition) is 3. The highest BCUT2D eigenvalue weighted by molar-refractivity contribution is 5.93. The summed E-state index contributed by atoms with van der Waals surface area (Å²) in [6.45, 7) is 2.35. The predicted octanol–water partition coefficient (Wildman–Crippen LogP) is 2.83. The van der Waals surface area contributed by atoms with Crippen molar-refractivity contribution in [3.63, 3.8) is 0 Å². The summed E-state index contributed by atoms with van der Waals surface area (Å²) in [7, 11) is 0. The van der Waals surface area contributed by atoms with E-state index >= 15 is 0 Å². The highest BCUT2D eigenvalue weighted by Gasteiger charge is 2.02.